The van der Waals surface area contributed by atoms with Gasteiger partial charge in [-0.1, -0.05) is 6.58 Å². The lowest BCUT2D eigenvalue weighted by atomic mass is 10.1. The van der Waals surface area contributed by atoms with Crippen molar-refractivity contribution in [2.45, 2.75) is 19.4 Å². The van der Waals surface area contributed by atoms with Crippen molar-refractivity contribution in [2.24, 2.45) is 0 Å². The molecule has 56 valence electrons. The second kappa shape index (κ2) is 1.68. The van der Waals surface area contributed by atoms with Crippen molar-refractivity contribution in [3.05, 3.63) is 23.9 Å². The molecule has 0 unspecified atom stereocenters. The molecule has 0 atom stereocenters. The molecular formula is C7H10O3. The summed E-state index contributed by atoms with van der Waals surface area (Å²) in [7, 11) is 0. The lowest BCUT2D eigenvalue weighted by Crippen LogP contribution is -2.21. The fraction of sp³-hybridized carbons (Fsp3) is 0.429. The second-order valence-corrected chi connectivity index (χ2v) is 2.73. The minimum atomic E-state index is -0.818. The van der Waals surface area contributed by atoms with Crippen molar-refractivity contribution in [3.8, 4) is 0 Å². The monoisotopic (exact) mass is 142 g/mol. The average molecular weight is 142 g/mol. The molecule has 0 bridgehead atoms. The predicted molar refractivity (Wildman–Crippen MR) is 36.6 cm³/mol. The van der Waals surface area contributed by atoms with Crippen molar-refractivity contribution in [3.63, 3.8) is 0 Å². The fourth-order valence-electron chi connectivity index (χ4n) is 0.822. The number of aliphatic hydroxyl groups is 2. The van der Waals surface area contributed by atoms with Gasteiger partial charge in [0.15, 0.2) is 22.9 Å². The molecule has 3 heteroatoms. The van der Waals surface area contributed by atoms with E-state index in [9.17, 15) is 0 Å². The number of hydrogen-bond donors (Lipinski definition) is 2. The third-order valence-electron chi connectivity index (χ3n) is 1.44. The van der Waals surface area contributed by atoms with Crippen LogP contribution in [-0.4, -0.2) is 15.8 Å². The van der Waals surface area contributed by atoms with Gasteiger partial charge >= 0.3 is 0 Å². The van der Waals surface area contributed by atoms with E-state index in [1.165, 1.54) is 0 Å². The first-order valence-corrected chi connectivity index (χ1v) is 2.96. The molecule has 3 nitrogen and oxygen atoms in total. The molecule has 0 saturated carbocycles. The summed E-state index contributed by atoms with van der Waals surface area (Å²) in [5, 5.41) is 18.1. The van der Waals surface area contributed by atoms with Crippen LogP contribution in [0.4, 0.5) is 0 Å². The van der Waals surface area contributed by atoms with Crippen molar-refractivity contribution >= 4 is 0 Å². The van der Waals surface area contributed by atoms with Crippen LogP contribution < -0.4 is 0 Å². The maximum absolute atomic E-state index is 9.14. The van der Waals surface area contributed by atoms with Gasteiger partial charge in [0.25, 0.3) is 0 Å². The molecule has 0 radical (unpaired) electrons. The van der Waals surface area contributed by atoms with Gasteiger partial charge in [-0.2, -0.15) is 0 Å². The van der Waals surface area contributed by atoms with Gasteiger partial charge < -0.3 is 14.9 Å². The Labute approximate surface area is 59.2 Å². The van der Waals surface area contributed by atoms with Gasteiger partial charge in [-0.05, 0) is 13.8 Å². The van der Waals surface area contributed by atoms with Crippen molar-refractivity contribution in [1.82, 2.24) is 0 Å². The van der Waals surface area contributed by atoms with E-state index in [1.807, 2.05) is 0 Å². The van der Waals surface area contributed by atoms with Crippen LogP contribution in [0.25, 0.3) is 0 Å². The van der Waals surface area contributed by atoms with Crippen LogP contribution in [0.1, 0.15) is 13.8 Å². The summed E-state index contributed by atoms with van der Waals surface area (Å²) in [4.78, 5) is 0. The van der Waals surface area contributed by atoms with E-state index in [1.54, 1.807) is 13.8 Å². The normalized spacial score (nSPS) is 23.2. The van der Waals surface area contributed by atoms with Gasteiger partial charge in [-0.3, -0.25) is 0 Å². The van der Waals surface area contributed by atoms with E-state index in [4.69, 9.17) is 14.9 Å². The van der Waals surface area contributed by atoms with Gasteiger partial charge in [0.2, 0.25) is 0 Å². The molecule has 0 amide bonds. The Hall–Kier alpha value is -1.12. The Morgan fingerprint density at radius 1 is 1.40 bits per heavy atom. The molecular weight excluding hydrogens is 132 g/mol. The maximum Gasteiger partial charge on any atom is 0.199 e. The Morgan fingerprint density at radius 2 is 1.90 bits per heavy atom. The summed E-state index contributed by atoms with van der Waals surface area (Å²) in [5.74, 6) is -0.273. The van der Waals surface area contributed by atoms with Gasteiger partial charge in [0.05, 0.1) is 0 Å². The van der Waals surface area contributed by atoms with Crippen LogP contribution in [0.3, 0.4) is 0 Å². The molecule has 1 rings (SSSR count). The third-order valence-corrected chi connectivity index (χ3v) is 1.44. The molecule has 0 spiro atoms. The van der Waals surface area contributed by atoms with Crippen molar-refractivity contribution < 1.29 is 14.9 Å². The maximum atomic E-state index is 9.14. The zero-order valence-corrected chi connectivity index (χ0v) is 6.01. The first kappa shape index (κ1) is 6.99. The van der Waals surface area contributed by atoms with Crippen molar-refractivity contribution in [2.75, 3.05) is 0 Å². The van der Waals surface area contributed by atoms with Gasteiger partial charge in [0.1, 0.15) is 0 Å². The van der Waals surface area contributed by atoms with E-state index >= 15 is 0 Å². The molecule has 1 aliphatic rings. The zero-order chi connectivity index (χ0) is 7.94. The number of aliphatic hydroxyl groups excluding tert-OH is 2. The molecule has 0 fully saturated rings. The Morgan fingerprint density at radius 3 is 2.00 bits per heavy atom. The van der Waals surface area contributed by atoms with Crippen LogP contribution in [0, 0.1) is 0 Å². The highest BCUT2D eigenvalue weighted by Crippen LogP contribution is 2.33. The topological polar surface area (TPSA) is 49.7 Å². The molecule has 0 aromatic carbocycles. The average Bonchev–Trinajstić information content (AvgIpc) is 1.95. The summed E-state index contributed by atoms with van der Waals surface area (Å²) < 4.78 is 5.00. The summed E-state index contributed by atoms with van der Waals surface area (Å²) in [6.45, 7) is 6.69. The molecule has 1 heterocycles. The van der Waals surface area contributed by atoms with Crippen LogP contribution in [-0.2, 0) is 4.74 Å². The molecule has 0 aliphatic carbocycles. The van der Waals surface area contributed by atoms with E-state index < -0.39 is 5.60 Å². The summed E-state index contributed by atoms with van der Waals surface area (Å²) in [6, 6.07) is 0. The predicted octanol–water partition coefficient (Wildman–Crippen LogP) is 1.64. The van der Waals surface area contributed by atoms with E-state index in [2.05, 4.69) is 6.58 Å². The second-order valence-electron chi connectivity index (χ2n) is 2.73. The number of rotatable bonds is 0. The van der Waals surface area contributed by atoms with Crippen LogP contribution in [0.15, 0.2) is 23.9 Å². The highest BCUT2D eigenvalue weighted by atomic mass is 16.5. The van der Waals surface area contributed by atoms with Gasteiger partial charge in [0, 0.05) is 0 Å². The highest BCUT2D eigenvalue weighted by Gasteiger charge is 2.37. The van der Waals surface area contributed by atoms with E-state index in [-0.39, 0.29) is 17.3 Å². The van der Waals surface area contributed by atoms with Crippen molar-refractivity contribution in [1.29, 1.82) is 0 Å². The summed E-state index contributed by atoms with van der Waals surface area (Å²) in [6.07, 6.45) is 0. The first-order valence-electron chi connectivity index (χ1n) is 2.96. The van der Waals surface area contributed by atoms with Crippen LogP contribution in [0.2, 0.25) is 0 Å². The Balaban J connectivity index is 3.06. The third kappa shape index (κ3) is 0.744. The zero-order valence-electron chi connectivity index (χ0n) is 6.01. The van der Waals surface area contributed by atoms with Gasteiger partial charge in [-0.25, -0.2) is 0 Å². The van der Waals surface area contributed by atoms with Crippen LogP contribution >= 0.6 is 0 Å². The minimum Gasteiger partial charge on any atom is -0.505 e. The minimum absolute atomic E-state index is 0.127. The Kier molecular flexibility index (Phi) is 1.18. The summed E-state index contributed by atoms with van der Waals surface area (Å²) in [5.41, 5.74) is -0.818. The molecule has 2 N–H and O–H groups in total. The molecule has 0 saturated heterocycles. The highest BCUT2D eigenvalue weighted by molar-refractivity contribution is 5.30. The molecule has 0 aromatic heterocycles. The Bertz CT molecular complexity index is 213. The fourth-order valence-corrected chi connectivity index (χ4v) is 0.822. The standard InChI is InChI=1S/C7H10O3/c1-4-5(8)6(9)7(2,3)10-4/h8-9H,1H2,2-3H3. The molecule has 10 heavy (non-hydrogen) atoms. The lowest BCUT2D eigenvalue weighted by Gasteiger charge is -2.16. The smallest absolute Gasteiger partial charge is 0.199 e. The largest absolute Gasteiger partial charge is 0.505 e. The SMILES string of the molecule is C=C1OC(C)(C)C(O)=C1O. The van der Waals surface area contributed by atoms with E-state index in [0.29, 0.717) is 0 Å². The van der Waals surface area contributed by atoms with E-state index in [0.717, 1.165) is 0 Å². The van der Waals surface area contributed by atoms with Crippen LogP contribution in [0.5, 0.6) is 0 Å². The molecule has 1 aliphatic heterocycles. The lowest BCUT2D eigenvalue weighted by molar-refractivity contribution is 0.0601. The molecule has 0 aromatic rings. The number of ether oxygens (including phenoxy) is 1. The quantitative estimate of drug-likeness (QED) is 0.540. The van der Waals surface area contributed by atoms with Gasteiger partial charge in [-0.15, -0.1) is 0 Å². The summed E-state index contributed by atoms with van der Waals surface area (Å²) >= 11 is 0. The first-order chi connectivity index (χ1) is 4.45. The number of hydrogen-bond acceptors (Lipinski definition) is 3.